The third-order valence-corrected chi connectivity index (χ3v) is 2.89. The van der Waals surface area contributed by atoms with Crippen LogP contribution in [0.2, 0.25) is 0 Å². The quantitative estimate of drug-likeness (QED) is 0.784. The first-order valence-electron chi connectivity index (χ1n) is 6.09. The molecule has 4 heteroatoms. The highest BCUT2D eigenvalue weighted by Crippen LogP contribution is 2.24. The van der Waals surface area contributed by atoms with Crippen LogP contribution in [0.1, 0.15) is 10.5 Å². The van der Waals surface area contributed by atoms with Crippen LogP contribution in [0.5, 0.6) is 11.6 Å². The Balaban J connectivity index is 1.92. The minimum atomic E-state index is -1.08. The van der Waals surface area contributed by atoms with Crippen LogP contribution in [0.3, 0.4) is 0 Å². The van der Waals surface area contributed by atoms with Crippen molar-refractivity contribution in [2.75, 3.05) is 0 Å². The molecule has 0 saturated carbocycles. The van der Waals surface area contributed by atoms with Gasteiger partial charge in [-0.2, -0.15) is 0 Å². The normalized spacial score (nSPS) is 10.4. The Bertz CT molecular complexity index is 783. The molecule has 0 unspecified atom stereocenters. The first kappa shape index (κ1) is 12.2. The van der Waals surface area contributed by atoms with Gasteiger partial charge in [0.15, 0.2) is 5.69 Å². The molecule has 0 aliphatic carbocycles. The second kappa shape index (κ2) is 5.01. The van der Waals surface area contributed by atoms with Gasteiger partial charge in [0.1, 0.15) is 5.75 Å². The Morgan fingerprint density at radius 1 is 0.950 bits per heavy atom. The summed E-state index contributed by atoms with van der Waals surface area (Å²) in [6, 6.07) is 18.3. The molecule has 3 aromatic rings. The van der Waals surface area contributed by atoms with Crippen LogP contribution >= 0.6 is 0 Å². The predicted molar refractivity (Wildman–Crippen MR) is 75.2 cm³/mol. The van der Waals surface area contributed by atoms with Gasteiger partial charge < -0.3 is 9.84 Å². The van der Waals surface area contributed by atoms with Crippen molar-refractivity contribution < 1.29 is 14.6 Å². The minimum Gasteiger partial charge on any atom is -0.477 e. The third-order valence-electron chi connectivity index (χ3n) is 2.89. The topological polar surface area (TPSA) is 59.4 Å². The van der Waals surface area contributed by atoms with Crippen LogP contribution in [0.25, 0.3) is 10.8 Å². The molecular weight excluding hydrogens is 254 g/mol. The number of carbonyl (C=O) groups is 1. The molecule has 4 nitrogen and oxygen atoms in total. The van der Waals surface area contributed by atoms with Gasteiger partial charge >= 0.3 is 5.97 Å². The molecule has 0 amide bonds. The summed E-state index contributed by atoms with van der Waals surface area (Å²) >= 11 is 0. The second-order valence-corrected chi connectivity index (χ2v) is 4.28. The Morgan fingerprint density at radius 2 is 1.75 bits per heavy atom. The molecular formula is C16H11NO3. The first-order valence-corrected chi connectivity index (χ1v) is 6.09. The van der Waals surface area contributed by atoms with Crippen molar-refractivity contribution in [1.82, 2.24) is 4.98 Å². The SMILES string of the molecule is O=C(O)c1cccc(Oc2ccc3ccccc3c2)n1. The third kappa shape index (κ3) is 2.44. The van der Waals surface area contributed by atoms with E-state index in [1.54, 1.807) is 12.1 Å². The highest BCUT2D eigenvalue weighted by Gasteiger charge is 2.06. The van der Waals surface area contributed by atoms with Gasteiger partial charge in [-0.15, -0.1) is 0 Å². The van der Waals surface area contributed by atoms with Gasteiger partial charge in [-0.25, -0.2) is 9.78 Å². The van der Waals surface area contributed by atoms with Gasteiger partial charge in [-0.05, 0) is 29.0 Å². The van der Waals surface area contributed by atoms with Crippen molar-refractivity contribution in [3.63, 3.8) is 0 Å². The number of hydrogen-bond acceptors (Lipinski definition) is 3. The van der Waals surface area contributed by atoms with Crippen molar-refractivity contribution in [2.24, 2.45) is 0 Å². The van der Waals surface area contributed by atoms with E-state index in [4.69, 9.17) is 9.84 Å². The van der Waals surface area contributed by atoms with Gasteiger partial charge in [0.25, 0.3) is 0 Å². The number of aromatic carboxylic acids is 1. The molecule has 0 fully saturated rings. The minimum absolute atomic E-state index is 0.0386. The molecule has 0 bridgehead atoms. The molecule has 2 aromatic carbocycles. The number of fused-ring (bicyclic) bond motifs is 1. The van der Waals surface area contributed by atoms with Crippen LogP contribution in [-0.2, 0) is 0 Å². The zero-order chi connectivity index (χ0) is 13.9. The summed E-state index contributed by atoms with van der Waals surface area (Å²) in [6.45, 7) is 0. The van der Waals surface area contributed by atoms with E-state index >= 15 is 0 Å². The Morgan fingerprint density at radius 3 is 2.55 bits per heavy atom. The van der Waals surface area contributed by atoms with Crippen LogP contribution in [0.15, 0.2) is 60.7 Å². The summed E-state index contributed by atoms with van der Waals surface area (Å²) < 4.78 is 5.60. The van der Waals surface area contributed by atoms with Crippen LogP contribution in [0, 0.1) is 0 Å². The number of carboxylic acids is 1. The summed E-state index contributed by atoms with van der Waals surface area (Å²) in [5.41, 5.74) is -0.0386. The van der Waals surface area contributed by atoms with Crippen LogP contribution in [0.4, 0.5) is 0 Å². The van der Waals surface area contributed by atoms with Crippen molar-refractivity contribution in [3.8, 4) is 11.6 Å². The number of hydrogen-bond donors (Lipinski definition) is 1. The molecule has 20 heavy (non-hydrogen) atoms. The van der Waals surface area contributed by atoms with E-state index < -0.39 is 5.97 Å². The molecule has 0 spiro atoms. The maximum atomic E-state index is 10.9. The van der Waals surface area contributed by atoms with E-state index in [9.17, 15) is 4.79 Å². The number of pyridine rings is 1. The van der Waals surface area contributed by atoms with Gasteiger partial charge in [0.05, 0.1) is 0 Å². The molecule has 98 valence electrons. The van der Waals surface area contributed by atoms with Crippen molar-refractivity contribution in [3.05, 3.63) is 66.4 Å². The lowest BCUT2D eigenvalue weighted by Gasteiger charge is -2.06. The van der Waals surface area contributed by atoms with E-state index in [-0.39, 0.29) is 11.6 Å². The fourth-order valence-electron chi connectivity index (χ4n) is 1.94. The van der Waals surface area contributed by atoms with E-state index in [2.05, 4.69) is 4.98 Å². The standard InChI is InChI=1S/C16H11NO3/c18-16(19)14-6-3-7-15(17-14)20-13-9-8-11-4-1-2-5-12(11)10-13/h1-10H,(H,18,19). The van der Waals surface area contributed by atoms with Crippen LogP contribution < -0.4 is 4.74 Å². The molecule has 3 rings (SSSR count). The summed E-state index contributed by atoms with van der Waals surface area (Å²) in [7, 11) is 0. The van der Waals surface area contributed by atoms with Crippen molar-refractivity contribution in [1.29, 1.82) is 0 Å². The number of ether oxygens (including phenoxy) is 1. The Kier molecular flexibility index (Phi) is 3.05. The number of benzene rings is 2. The Hall–Kier alpha value is -2.88. The molecule has 0 radical (unpaired) electrons. The molecule has 0 aliphatic rings. The molecule has 1 N–H and O–H groups in total. The van der Waals surface area contributed by atoms with Gasteiger partial charge in [0.2, 0.25) is 5.88 Å². The van der Waals surface area contributed by atoms with Crippen molar-refractivity contribution >= 4 is 16.7 Å². The summed E-state index contributed by atoms with van der Waals surface area (Å²) in [6.07, 6.45) is 0. The lowest BCUT2D eigenvalue weighted by molar-refractivity contribution is 0.0689. The zero-order valence-electron chi connectivity index (χ0n) is 10.5. The number of aromatic nitrogens is 1. The molecule has 0 aliphatic heterocycles. The molecule has 1 aromatic heterocycles. The summed E-state index contributed by atoms with van der Waals surface area (Å²) in [4.78, 5) is 14.8. The van der Waals surface area contributed by atoms with E-state index in [0.717, 1.165) is 10.8 Å². The molecule has 0 saturated heterocycles. The second-order valence-electron chi connectivity index (χ2n) is 4.28. The Labute approximate surface area is 115 Å². The summed E-state index contributed by atoms with van der Waals surface area (Å²) in [5, 5.41) is 11.1. The zero-order valence-corrected chi connectivity index (χ0v) is 10.5. The van der Waals surface area contributed by atoms with Gasteiger partial charge in [0, 0.05) is 6.07 Å². The lowest BCUT2D eigenvalue weighted by atomic mass is 10.1. The maximum absolute atomic E-state index is 10.9. The monoisotopic (exact) mass is 265 g/mol. The largest absolute Gasteiger partial charge is 0.477 e. The highest BCUT2D eigenvalue weighted by molar-refractivity contribution is 5.85. The maximum Gasteiger partial charge on any atom is 0.354 e. The lowest BCUT2D eigenvalue weighted by Crippen LogP contribution is -2.00. The molecule has 0 atom stereocenters. The average Bonchev–Trinajstić information content (AvgIpc) is 2.47. The van der Waals surface area contributed by atoms with Crippen molar-refractivity contribution in [2.45, 2.75) is 0 Å². The van der Waals surface area contributed by atoms with Gasteiger partial charge in [-0.3, -0.25) is 0 Å². The molecule has 1 heterocycles. The van der Waals surface area contributed by atoms with Gasteiger partial charge in [-0.1, -0.05) is 36.4 Å². The number of nitrogens with zero attached hydrogens (tertiary/aromatic N) is 1. The van der Waals surface area contributed by atoms with E-state index in [1.165, 1.54) is 6.07 Å². The highest BCUT2D eigenvalue weighted by atomic mass is 16.5. The van der Waals surface area contributed by atoms with Crippen LogP contribution in [-0.4, -0.2) is 16.1 Å². The summed E-state index contributed by atoms with van der Waals surface area (Å²) in [5.74, 6) is -0.187. The number of rotatable bonds is 3. The smallest absolute Gasteiger partial charge is 0.354 e. The van der Waals surface area contributed by atoms with E-state index in [0.29, 0.717) is 5.75 Å². The average molecular weight is 265 g/mol. The first-order chi connectivity index (χ1) is 9.72. The fourth-order valence-corrected chi connectivity index (χ4v) is 1.94. The van der Waals surface area contributed by atoms with E-state index in [1.807, 2.05) is 42.5 Å². The number of carboxylic acid groups (broad SMARTS) is 1. The predicted octanol–water partition coefficient (Wildman–Crippen LogP) is 3.73. The fraction of sp³-hybridized carbons (Fsp3) is 0.